The summed E-state index contributed by atoms with van der Waals surface area (Å²) in [6.07, 6.45) is 1.61. The topological polar surface area (TPSA) is 62.7 Å². The van der Waals surface area contributed by atoms with Crippen LogP contribution in [0.15, 0.2) is 42.6 Å². The molecule has 6 heteroatoms. The molecule has 3 rings (SSSR count). The van der Waals surface area contributed by atoms with Gasteiger partial charge in [-0.15, -0.1) is 0 Å². The molecular weight excluding hydrogens is 342 g/mol. The zero-order valence-electron chi connectivity index (χ0n) is 16.0. The van der Waals surface area contributed by atoms with Gasteiger partial charge >= 0.3 is 0 Å². The minimum absolute atomic E-state index is 0.00973. The number of methoxy groups -OCH3 is 1. The van der Waals surface area contributed by atoms with Crippen molar-refractivity contribution < 1.29 is 14.3 Å². The zero-order chi connectivity index (χ0) is 19.4. The fraction of sp³-hybridized carbons (Fsp3) is 0.381. The van der Waals surface area contributed by atoms with Crippen LogP contribution in [0, 0.1) is 0 Å². The lowest BCUT2D eigenvalue weighted by Gasteiger charge is -2.34. The van der Waals surface area contributed by atoms with Crippen LogP contribution in [0.2, 0.25) is 0 Å². The zero-order valence-corrected chi connectivity index (χ0v) is 16.0. The number of hydrogen-bond donors (Lipinski definition) is 0. The van der Waals surface area contributed by atoms with Crippen molar-refractivity contribution in [2.75, 3.05) is 33.3 Å². The summed E-state index contributed by atoms with van der Waals surface area (Å²) in [6.45, 7) is 6.20. The van der Waals surface area contributed by atoms with E-state index < -0.39 is 0 Å². The standard InChI is InChI=1S/C21H25N3O3/c1-15(2)17-14-16(7-8-19(17)27-3)20(25)23-10-12-24(13-11-23)21(26)18-6-4-5-9-22-18/h4-9,14-15H,10-13H2,1-3H3. The number of amides is 2. The second-order valence-electron chi connectivity index (χ2n) is 6.91. The number of pyridine rings is 1. The quantitative estimate of drug-likeness (QED) is 0.834. The summed E-state index contributed by atoms with van der Waals surface area (Å²) in [6, 6.07) is 10.9. The van der Waals surface area contributed by atoms with E-state index in [2.05, 4.69) is 18.8 Å². The highest BCUT2D eigenvalue weighted by Gasteiger charge is 2.26. The number of rotatable bonds is 4. The van der Waals surface area contributed by atoms with E-state index in [1.807, 2.05) is 12.1 Å². The fourth-order valence-electron chi connectivity index (χ4n) is 3.27. The third-order valence-electron chi connectivity index (χ3n) is 4.84. The Morgan fingerprint density at radius 3 is 2.22 bits per heavy atom. The molecule has 1 aliphatic rings. The van der Waals surface area contributed by atoms with Crippen LogP contribution in [0.5, 0.6) is 5.75 Å². The van der Waals surface area contributed by atoms with Gasteiger partial charge in [0.1, 0.15) is 11.4 Å². The van der Waals surface area contributed by atoms with Crippen LogP contribution in [0.25, 0.3) is 0 Å². The number of benzene rings is 1. The second kappa shape index (κ2) is 8.20. The minimum atomic E-state index is -0.0887. The lowest BCUT2D eigenvalue weighted by molar-refractivity contribution is 0.0532. The first-order chi connectivity index (χ1) is 13.0. The molecule has 1 saturated heterocycles. The maximum atomic E-state index is 12.9. The number of piperazine rings is 1. The van der Waals surface area contributed by atoms with Crippen molar-refractivity contribution in [3.8, 4) is 5.75 Å². The molecule has 1 fully saturated rings. The van der Waals surface area contributed by atoms with E-state index in [9.17, 15) is 9.59 Å². The van der Waals surface area contributed by atoms with Gasteiger partial charge < -0.3 is 14.5 Å². The average molecular weight is 367 g/mol. The molecule has 0 atom stereocenters. The van der Waals surface area contributed by atoms with E-state index in [1.165, 1.54) is 0 Å². The first kappa shape index (κ1) is 18.9. The minimum Gasteiger partial charge on any atom is -0.496 e. The molecular formula is C21H25N3O3. The summed E-state index contributed by atoms with van der Waals surface area (Å²) < 4.78 is 5.39. The molecule has 0 aliphatic carbocycles. The van der Waals surface area contributed by atoms with E-state index in [0.717, 1.165) is 11.3 Å². The number of carbonyl (C=O) groups is 2. The molecule has 6 nitrogen and oxygen atoms in total. The maximum Gasteiger partial charge on any atom is 0.272 e. The normalized spacial score (nSPS) is 14.4. The summed E-state index contributed by atoms with van der Waals surface area (Å²) in [4.78, 5) is 33.0. The number of aromatic nitrogens is 1. The summed E-state index contributed by atoms with van der Waals surface area (Å²) >= 11 is 0. The monoisotopic (exact) mass is 367 g/mol. The van der Waals surface area contributed by atoms with Crippen molar-refractivity contribution in [2.24, 2.45) is 0 Å². The Labute approximate surface area is 159 Å². The highest BCUT2D eigenvalue weighted by atomic mass is 16.5. The molecule has 142 valence electrons. The predicted molar refractivity (Wildman–Crippen MR) is 103 cm³/mol. The van der Waals surface area contributed by atoms with Gasteiger partial charge in [0.2, 0.25) is 0 Å². The van der Waals surface area contributed by atoms with Crippen LogP contribution in [0.4, 0.5) is 0 Å². The molecule has 27 heavy (non-hydrogen) atoms. The first-order valence-electron chi connectivity index (χ1n) is 9.18. The molecule has 2 aromatic rings. The number of nitrogens with zero attached hydrogens (tertiary/aromatic N) is 3. The van der Waals surface area contributed by atoms with Crippen LogP contribution in [-0.4, -0.2) is 59.9 Å². The summed E-state index contributed by atoms with van der Waals surface area (Å²) in [5, 5.41) is 0. The largest absolute Gasteiger partial charge is 0.496 e. The molecule has 0 spiro atoms. The van der Waals surface area contributed by atoms with Crippen molar-refractivity contribution in [1.82, 2.24) is 14.8 Å². The molecule has 2 amide bonds. The van der Waals surface area contributed by atoms with Crippen molar-refractivity contribution >= 4 is 11.8 Å². The summed E-state index contributed by atoms with van der Waals surface area (Å²) in [5.41, 5.74) is 2.12. The Bertz CT molecular complexity index is 813. The van der Waals surface area contributed by atoms with Crippen LogP contribution in [-0.2, 0) is 0 Å². The Morgan fingerprint density at radius 1 is 1.00 bits per heavy atom. The van der Waals surface area contributed by atoms with E-state index in [1.54, 1.807) is 47.4 Å². The molecule has 1 aromatic heterocycles. The van der Waals surface area contributed by atoms with Crippen molar-refractivity contribution in [3.05, 3.63) is 59.4 Å². The second-order valence-corrected chi connectivity index (χ2v) is 6.91. The number of ether oxygens (including phenoxy) is 1. The highest BCUT2D eigenvalue weighted by Crippen LogP contribution is 2.28. The Kier molecular flexibility index (Phi) is 5.74. The third-order valence-corrected chi connectivity index (χ3v) is 4.84. The van der Waals surface area contributed by atoms with Gasteiger partial charge in [-0.2, -0.15) is 0 Å². The maximum absolute atomic E-state index is 12.9. The van der Waals surface area contributed by atoms with Crippen molar-refractivity contribution in [2.45, 2.75) is 19.8 Å². The van der Waals surface area contributed by atoms with Crippen LogP contribution < -0.4 is 4.74 Å². The summed E-state index contributed by atoms with van der Waals surface area (Å²) in [7, 11) is 1.64. The van der Waals surface area contributed by atoms with Crippen LogP contribution >= 0.6 is 0 Å². The fourth-order valence-corrected chi connectivity index (χ4v) is 3.27. The van der Waals surface area contributed by atoms with Crippen molar-refractivity contribution in [1.29, 1.82) is 0 Å². The van der Waals surface area contributed by atoms with Gasteiger partial charge in [0.15, 0.2) is 0 Å². The van der Waals surface area contributed by atoms with Gasteiger partial charge in [0.25, 0.3) is 11.8 Å². The van der Waals surface area contributed by atoms with Crippen molar-refractivity contribution in [3.63, 3.8) is 0 Å². The van der Waals surface area contributed by atoms with Gasteiger partial charge in [-0.1, -0.05) is 19.9 Å². The Balaban J connectivity index is 1.67. The van der Waals surface area contributed by atoms with Crippen LogP contribution in [0.3, 0.4) is 0 Å². The van der Waals surface area contributed by atoms with E-state index in [4.69, 9.17) is 4.74 Å². The highest BCUT2D eigenvalue weighted by molar-refractivity contribution is 5.95. The molecule has 0 radical (unpaired) electrons. The van der Waals surface area contributed by atoms with Gasteiger partial charge in [-0.25, -0.2) is 0 Å². The molecule has 0 bridgehead atoms. The van der Waals surface area contributed by atoms with Gasteiger partial charge in [-0.05, 0) is 41.8 Å². The average Bonchev–Trinajstić information content (AvgIpc) is 2.73. The Morgan fingerprint density at radius 2 is 1.67 bits per heavy atom. The number of hydrogen-bond acceptors (Lipinski definition) is 4. The smallest absolute Gasteiger partial charge is 0.272 e. The van der Waals surface area contributed by atoms with Crippen LogP contribution in [0.1, 0.15) is 46.2 Å². The third kappa shape index (κ3) is 4.10. The Hall–Kier alpha value is -2.89. The van der Waals surface area contributed by atoms with Gasteiger partial charge in [-0.3, -0.25) is 14.6 Å². The molecule has 2 heterocycles. The van der Waals surface area contributed by atoms with Gasteiger partial charge in [0, 0.05) is 37.9 Å². The lowest BCUT2D eigenvalue weighted by Crippen LogP contribution is -2.50. The van der Waals surface area contributed by atoms with E-state index in [0.29, 0.717) is 37.4 Å². The van der Waals surface area contributed by atoms with E-state index in [-0.39, 0.29) is 17.7 Å². The molecule has 0 saturated carbocycles. The lowest BCUT2D eigenvalue weighted by atomic mass is 9.99. The number of carbonyl (C=O) groups excluding carboxylic acids is 2. The van der Waals surface area contributed by atoms with Gasteiger partial charge in [0.05, 0.1) is 7.11 Å². The summed E-state index contributed by atoms with van der Waals surface area (Å²) in [5.74, 6) is 0.964. The molecule has 0 N–H and O–H groups in total. The van der Waals surface area contributed by atoms with E-state index >= 15 is 0 Å². The molecule has 0 unspecified atom stereocenters. The molecule has 1 aromatic carbocycles. The first-order valence-corrected chi connectivity index (χ1v) is 9.18. The SMILES string of the molecule is COc1ccc(C(=O)N2CCN(C(=O)c3ccccn3)CC2)cc1C(C)C. The molecule has 1 aliphatic heterocycles. The predicted octanol–water partition coefficient (Wildman–Crippen LogP) is 2.81.